The standard InChI is InChI=1S/C14H12F3N5O/c1-2-11(23)20-8-4-3-5-9(6-8)21-12-10(14(15,16)17)7-19-13(18)22-12/h2-7H,1H2,(H,20,23)(H3,18,19,21,22). The first-order chi connectivity index (χ1) is 10.8. The lowest BCUT2D eigenvalue weighted by Crippen LogP contribution is -2.13. The van der Waals surface area contributed by atoms with Gasteiger partial charge in [0.15, 0.2) is 0 Å². The van der Waals surface area contributed by atoms with E-state index in [4.69, 9.17) is 5.73 Å². The molecular weight excluding hydrogens is 311 g/mol. The van der Waals surface area contributed by atoms with Gasteiger partial charge >= 0.3 is 6.18 Å². The topological polar surface area (TPSA) is 92.9 Å². The highest BCUT2D eigenvalue weighted by Gasteiger charge is 2.35. The van der Waals surface area contributed by atoms with Crippen LogP contribution in [0.25, 0.3) is 0 Å². The Balaban J connectivity index is 2.32. The van der Waals surface area contributed by atoms with Gasteiger partial charge in [-0.2, -0.15) is 18.2 Å². The molecule has 1 heterocycles. The van der Waals surface area contributed by atoms with E-state index in [1.807, 2.05) is 0 Å². The minimum atomic E-state index is -4.63. The summed E-state index contributed by atoms with van der Waals surface area (Å²) >= 11 is 0. The zero-order valence-corrected chi connectivity index (χ0v) is 11.7. The number of amides is 1. The van der Waals surface area contributed by atoms with Gasteiger partial charge in [-0.1, -0.05) is 12.6 Å². The highest BCUT2D eigenvalue weighted by molar-refractivity contribution is 5.99. The number of hydrogen-bond acceptors (Lipinski definition) is 5. The predicted octanol–water partition coefficient (Wildman–Crippen LogP) is 2.95. The second kappa shape index (κ2) is 6.34. The third kappa shape index (κ3) is 4.19. The highest BCUT2D eigenvalue weighted by atomic mass is 19.4. The lowest BCUT2D eigenvalue weighted by molar-refractivity contribution is -0.137. The van der Waals surface area contributed by atoms with Crippen LogP contribution in [0.2, 0.25) is 0 Å². The van der Waals surface area contributed by atoms with E-state index in [9.17, 15) is 18.0 Å². The molecule has 4 N–H and O–H groups in total. The van der Waals surface area contributed by atoms with Crippen molar-refractivity contribution >= 4 is 29.0 Å². The van der Waals surface area contributed by atoms with Crippen molar-refractivity contribution in [3.05, 3.63) is 48.7 Å². The summed E-state index contributed by atoms with van der Waals surface area (Å²) in [6, 6.07) is 6.09. The molecule has 2 aromatic rings. The monoisotopic (exact) mass is 323 g/mol. The second-order valence-corrected chi connectivity index (χ2v) is 4.39. The molecule has 1 aromatic heterocycles. The average Bonchev–Trinajstić information content (AvgIpc) is 2.46. The van der Waals surface area contributed by atoms with Gasteiger partial charge in [0.05, 0.1) is 0 Å². The molecular formula is C14H12F3N5O. The average molecular weight is 323 g/mol. The summed E-state index contributed by atoms with van der Waals surface area (Å²) in [7, 11) is 0. The number of aromatic nitrogens is 2. The van der Waals surface area contributed by atoms with E-state index < -0.39 is 23.5 Å². The van der Waals surface area contributed by atoms with E-state index in [0.717, 1.165) is 6.08 Å². The maximum absolute atomic E-state index is 13.0. The third-order valence-electron chi connectivity index (χ3n) is 2.69. The van der Waals surface area contributed by atoms with Crippen LogP contribution >= 0.6 is 0 Å². The number of hydrogen-bond donors (Lipinski definition) is 3. The predicted molar refractivity (Wildman–Crippen MR) is 80.0 cm³/mol. The van der Waals surface area contributed by atoms with Gasteiger partial charge in [-0.3, -0.25) is 4.79 Å². The number of anilines is 4. The van der Waals surface area contributed by atoms with Crippen molar-refractivity contribution in [3.63, 3.8) is 0 Å². The summed E-state index contributed by atoms with van der Waals surface area (Å²) in [6.07, 6.45) is -2.95. The number of benzene rings is 1. The van der Waals surface area contributed by atoms with Crippen molar-refractivity contribution in [2.75, 3.05) is 16.4 Å². The van der Waals surface area contributed by atoms with E-state index in [-0.39, 0.29) is 11.6 Å². The molecule has 23 heavy (non-hydrogen) atoms. The molecule has 0 aliphatic rings. The van der Waals surface area contributed by atoms with Gasteiger partial charge in [0.1, 0.15) is 11.4 Å². The Hall–Kier alpha value is -3.10. The lowest BCUT2D eigenvalue weighted by atomic mass is 10.2. The zero-order valence-electron chi connectivity index (χ0n) is 11.7. The van der Waals surface area contributed by atoms with Crippen molar-refractivity contribution in [1.82, 2.24) is 9.97 Å². The molecule has 1 amide bonds. The SMILES string of the molecule is C=CC(=O)Nc1cccc(Nc2nc(N)ncc2C(F)(F)F)c1. The summed E-state index contributed by atoms with van der Waals surface area (Å²) in [5, 5.41) is 5.02. The molecule has 1 aromatic carbocycles. The largest absolute Gasteiger partial charge is 0.421 e. The van der Waals surface area contributed by atoms with Gasteiger partial charge in [0.25, 0.3) is 0 Å². The van der Waals surface area contributed by atoms with E-state index in [0.29, 0.717) is 11.9 Å². The number of nitrogens with one attached hydrogen (secondary N) is 2. The number of nitrogens with two attached hydrogens (primary N) is 1. The Morgan fingerprint density at radius 3 is 2.65 bits per heavy atom. The number of carbonyl (C=O) groups excluding carboxylic acids is 1. The number of nitrogen functional groups attached to an aromatic ring is 1. The molecule has 0 bridgehead atoms. The minimum absolute atomic E-state index is 0.287. The first kappa shape index (κ1) is 16.3. The van der Waals surface area contributed by atoms with Gasteiger partial charge in [-0.05, 0) is 24.3 Å². The van der Waals surface area contributed by atoms with Crippen LogP contribution < -0.4 is 16.4 Å². The van der Waals surface area contributed by atoms with Crippen LogP contribution in [0.15, 0.2) is 43.1 Å². The van der Waals surface area contributed by atoms with Crippen molar-refractivity contribution in [3.8, 4) is 0 Å². The van der Waals surface area contributed by atoms with Gasteiger partial charge < -0.3 is 16.4 Å². The summed E-state index contributed by atoms with van der Waals surface area (Å²) < 4.78 is 38.9. The second-order valence-electron chi connectivity index (χ2n) is 4.39. The van der Waals surface area contributed by atoms with Crippen molar-refractivity contribution < 1.29 is 18.0 Å². The molecule has 0 fully saturated rings. The van der Waals surface area contributed by atoms with Crippen LogP contribution in [0.1, 0.15) is 5.56 Å². The van der Waals surface area contributed by atoms with Gasteiger partial charge in [0.2, 0.25) is 11.9 Å². The van der Waals surface area contributed by atoms with E-state index in [2.05, 4.69) is 27.2 Å². The minimum Gasteiger partial charge on any atom is -0.368 e. The first-order valence-electron chi connectivity index (χ1n) is 6.30. The van der Waals surface area contributed by atoms with Gasteiger partial charge in [-0.25, -0.2) is 4.98 Å². The molecule has 0 saturated heterocycles. The van der Waals surface area contributed by atoms with Crippen LogP contribution in [0.3, 0.4) is 0 Å². The van der Waals surface area contributed by atoms with Crippen molar-refractivity contribution in [1.29, 1.82) is 0 Å². The molecule has 0 spiro atoms. The van der Waals surface area contributed by atoms with Crippen molar-refractivity contribution in [2.24, 2.45) is 0 Å². The Morgan fingerprint density at radius 1 is 1.30 bits per heavy atom. The van der Waals surface area contributed by atoms with Crippen LogP contribution in [-0.2, 0) is 11.0 Å². The Labute approximate surface area is 129 Å². The highest BCUT2D eigenvalue weighted by Crippen LogP contribution is 2.35. The van der Waals surface area contributed by atoms with Crippen LogP contribution in [0.5, 0.6) is 0 Å². The Bertz CT molecular complexity index is 745. The Kier molecular flexibility index (Phi) is 4.49. The maximum atomic E-state index is 13.0. The molecule has 0 radical (unpaired) electrons. The molecule has 120 valence electrons. The fraction of sp³-hybridized carbons (Fsp3) is 0.0714. The molecule has 2 rings (SSSR count). The fourth-order valence-electron chi connectivity index (χ4n) is 1.70. The normalized spacial score (nSPS) is 10.9. The summed E-state index contributed by atoms with van der Waals surface area (Å²) in [4.78, 5) is 18.2. The molecule has 6 nitrogen and oxygen atoms in total. The van der Waals surface area contributed by atoms with E-state index in [1.54, 1.807) is 12.1 Å². The Morgan fingerprint density at radius 2 is 2.00 bits per heavy atom. The number of rotatable bonds is 4. The summed E-state index contributed by atoms with van der Waals surface area (Å²) in [6.45, 7) is 3.31. The van der Waals surface area contributed by atoms with Gasteiger partial charge in [0, 0.05) is 17.6 Å². The van der Waals surface area contributed by atoms with Crippen LogP contribution in [0, 0.1) is 0 Å². The summed E-state index contributed by atoms with van der Waals surface area (Å²) in [5.74, 6) is -1.21. The van der Waals surface area contributed by atoms with E-state index in [1.165, 1.54) is 12.1 Å². The molecule has 0 aliphatic carbocycles. The fourth-order valence-corrected chi connectivity index (χ4v) is 1.70. The first-order valence-corrected chi connectivity index (χ1v) is 6.30. The molecule has 0 atom stereocenters. The smallest absolute Gasteiger partial charge is 0.368 e. The quantitative estimate of drug-likeness (QED) is 0.752. The maximum Gasteiger partial charge on any atom is 0.421 e. The molecule has 0 unspecified atom stereocenters. The molecule has 0 aliphatic heterocycles. The van der Waals surface area contributed by atoms with Gasteiger partial charge in [-0.15, -0.1) is 0 Å². The van der Waals surface area contributed by atoms with Crippen LogP contribution in [0.4, 0.5) is 36.3 Å². The third-order valence-corrected chi connectivity index (χ3v) is 2.69. The van der Waals surface area contributed by atoms with Crippen LogP contribution in [-0.4, -0.2) is 15.9 Å². The van der Waals surface area contributed by atoms with Crippen molar-refractivity contribution in [2.45, 2.75) is 6.18 Å². The number of halogens is 3. The number of alkyl halides is 3. The number of nitrogens with zero attached hydrogens (tertiary/aromatic N) is 2. The lowest BCUT2D eigenvalue weighted by Gasteiger charge is -2.14. The van der Waals surface area contributed by atoms with E-state index >= 15 is 0 Å². The zero-order chi connectivity index (χ0) is 17.0. The molecule has 0 saturated carbocycles. The summed E-state index contributed by atoms with van der Waals surface area (Å²) in [5.41, 5.74) is 4.96. The molecule has 9 heteroatoms. The number of carbonyl (C=O) groups is 1.